The smallest absolute Gasteiger partial charge is 0.234 e. The Kier molecular flexibility index (Phi) is 5.41. The van der Waals surface area contributed by atoms with Gasteiger partial charge in [-0.25, -0.2) is 0 Å². The molecule has 3 nitrogen and oxygen atoms in total. The maximum Gasteiger partial charge on any atom is 0.234 e. The summed E-state index contributed by atoms with van der Waals surface area (Å²) in [5.74, 6) is 0.135. The standard InChI is InChI=1S/C19H28N2O/c1-15(2)12-17(21-11-10-20-18(22)14-21)13-19(3,4)16-8-6-5-7-9-16/h5-9,12,17H,10-11,13-14H2,1-4H3,(H,20,22). The van der Waals surface area contributed by atoms with E-state index in [2.05, 4.69) is 74.3 Å². The minimum Gasteiger partial charge on any atom is -0.354 e. The monoisotopic (exact) mass is 300 g/mol. The van der Waals surface area contributed by atoms with E-state index in [1.54, 1.807) is 0 Å². The van der Waals surface area contributed by atoms with Crippen LogP contribution in [0, 0.1) is 0 Å². The molecule has 0 radical (unpaired) electrons. The van der Waals surface area contributed by atoms with Gasteiger partial charge in [0.25, 0.3) is 0 Å². The molecule has 1 fully saturated rings. The third-order valence-electron chi connectivity index (χ3n) is 4.34. The Labute approximate surface area is 134 Å². The number of rotatable bonds is 5. The highest BCUT2D eigenvalue weighted by atomic mass is 16.2. The number of piperazine rings is 1. The minimum atomic E-state index is 0.0752. The zero-order chi connectivity index (χ0) is 16.2. The molecule has 2 rings (SSSR count). The number of hydrogen-bond donors (Lipinski definition) is 1. The number of hydrogen-bond acceptors (Lipinski definition) is 2. The van der Waals surface area contributed by atoms with E-state index < -0.39 is 0 Å². The van der Waals surface area contributed by atoms with Crippen LogP contribution in [0.2, 0.25) is 0 Å². The SMILES string of the molecule is CC(C)=CC(CC(C)(C)c1ccccc1)N1CCNC(=O)C1. The van der Waals surface area contributed by atoms with Crippen molar-refractivity contribution in [2.75, 3.05) is 19.6 Å². The van der Waals surface area contributed by atoms with Gasteiger partial charge in [0.2, 0.25) is 5.91 Å². The van der Waals surface area contributed by atoms with Crippen molar-refractivity contribution in [2.45, 2.75) is 45.6 Å². The molecule has 1 saturated heterocycles. The van der Waals surface area contributed by atoms with Crippen LogP contribution in [0.1, 0.15) is 39.7 Å². The van der Waals surface area contributed by atoms with Crippen molar-refractivity contribution < 1.29 is 4.79 Å². The molecule has 1 amide bonds. The first-order valence-electron chi connectivity index (χ1n) is 8.10. The van der Waals surface area contributed by atoms with Crippen LogP contribution >= 0.6 is 0 Å². The van der Waals surface area contributed by atoms with Crippen molar-refractivity contribution in [3.05, 3.63) is 47.5 Å². The van der Waals surface area contributed by atoms with Crippen LogP contribution in [0.25, 0.3) is 0 Å². The van der Waals surface area contributed by atoms with E-state index in [1.165, 1.54) is 11.1 Å². The molecule has 1 unspecified atom stereocenters. The molecular weight excluding hydrogens is 272 g/mol. The Morgan fingerprint density at radius 1 is 1.32 bits per heavy atom. The molecule has 1 N–H and O–H groups in total. The van der Waals surface area contributed by atoms with Crippen molar-refractivity contribution in [1.29, 1.82) is 0 Å². The largest absolute Gasteiger partial charge is 0.354 e. The van der Waals surface area contributed by atoms with Gasteiger partial charge in [0.05, 0.1) is 6.54 Å². The zero-order valence-electron chi connectivity index (χ0n) is 14.2. The maximum absolute atomic E-state index is 11.7. The number of carbonyl (C=O) groups is 1. The molecular formula is C19H28N2O. The van der Waals surface area contributed by atoms with Crippen LogP contribution in [0.5, 0.6) is 0 Å². The van der Waals surface area contributed by atoms with Crippen LogP contribution in [0.15, 0.2) is 42.0 Å². The lowest BCUT2D eigenvalue weighted by Crippen LogP contribution is -2.52. The summed E-state index contributed by atoms with van der Waals surface area (Å²) < 4.78 is 0. The van der Waals surface area contributed by atoms with Gasteiger partial charge in [0.15, 0.2) is 0 Å². The van der Waals surface area contributed by atoms with Gasteiger partial charge in [-0.05, 0) is 31.2 Å². The predicted octanol–water partition coefficient (Wildman–Crippen LogP) is 3.12. The van der Waals surface area contributed by atoms with Gasteiger partial charge in [0, 0.05) is 19.1 Å². The molecule has 0 saturated carbocycles. The Balaban J connectivity index is 2.19. The summed E-state index contributed by atoms with van der Waals surface area (Å²) in [4.78, 5) is 14.0. The van der Waals surface area contributed by atoms with Crippen molar-refractivity contribution in [1.82, 2.24) is 10.2 Å². The lowest BCUT2D eigenvalue weighted by Gasteiger charge is -2.37. The molecule has 1 aromatic carbocycles. The van der Waals surface area contributed by atoms with Crippen LogP contribution in [0.3, 0.4) is 0 Å². The van der Waals surface area contributed by atoms with Crippen molar-refractivity contribution in [2.24, 2.45) is 0 Å². The fourth-order valence-electron chi connectivity index (χ4n) is 3.15. The normalized spacial score (nSPS) is 17.7. The lowest BCUT2D eigenvalue weighted by atomic mass is 9.78. The Bertz CT molecular complexity index is 530. The minimum absolute atomic E-state index is 0.0752. The quantitative estimate of drug-likeness (QED) is 0.847. The van der Waals surface area contributed by atoms with Crippen LogP contribution in [-0.2, 0) is 10.2 Å². The molecule has 1 aliphatic rings. The van der Waals surface area contributed by atoms with E-state index in [9.17, 15) is 4.79 Å². The summed E-state index contributed by atoms with van der Waals surface area (Å²) in [5.41, 5.74) is 2.73. The molecule has 0 spiro atoms. The molecule has 1 aliphatic heterocycles. The van der Waals surface area contributed by atoms with Gasteiger partial charge in [-0.2, -0.15) is 0 Å². The van der Waals surface area contributed by atoms with Gasteiger partial charge in [-0.15, -0.1) is 0 Å². The summed E-state index contributed by atoms with van der Waals surface area (Å²) in [6, 6.07) is 10.9. The first-order chi connectivity index (χ1) is 10.4. The van der Waals surface area contributed by atoms with Crippen LogP contribution in [-0.4, -0.2) is 36.5 Å². The zero-order valence-corrected chi connectivity index (χ0v) is 14.2. The van der Waals surface area contributed by atoms with E-state index in [0.717, 1.165) is 19.5 Å². The van der Waals surface area contributed by atoms with Gasteiger partial charge >= 0.3 is 0 Å². The van der Waals surface area contributed by atoms with E-state index >= 15 is 0 Å². The third kappa shape index (κ3) is 4.44. The van der Waals surface area contributed by atoms with Gasteiger partial charge < -0.3 is 5.32 Å². The first-order valence-corrected chi connectivity index (χ1v) is 8.10. The second-order valence-electron chi connectivity index (χ2n) is 7.09. The summed E-state index contributed by atoms with van der Waals surface area (Å²) >= 11 is 0. The number of nitrogens with one attached hydrogen (secondary N) is 1. The molecule has 22 heavy (non-hydrogen) atoms. The third-order valence-corrected chi connectivity index (χ3v) is 4.34. The van der Waals surface area contributed by atoms with E-state index in [0.29, 0.717) is 12.6 Å². The molecule has 0 aromatic heterocycles. The van der Waals surface area contributed by atoms with E-state index in [-0.39, 0.29) is 11.3 Å². The van der Waals surface area contributed by atoms with Gasteiger partial charge in [-0.3, -0.25) is 9.69 Å². The van der Waals surface area contributed by atoms with Crippen LogP contribution in [0.4, 0.5) is 0 Å². The highest BCUT2D eigenvalue weighted by Gasteiger charge is 2.29. The number of amides is 1. The second kappa shape index (κ2) is 7.10. The molecule has 1 aromatic rings. The second-order valence-corrected chi connectivity index (χ2v) is 7.09. The molecule has 0 bridgehead atoms. The molecule has 0 aliphatic carbocycles. The molecule has 1 atom stereocenters. The Morgan fingerprint density at radius 3 is 2.59 bits per heavy atom. The highest BCUT2D eigenvalue weighted by Crippen LogP contribution is 2.30. The maximum atomic E-state index is 11.7. The number of nitrogens with zero attached hydrogens (tertiary/aromatic N) is 1. The number of carbonyl (C=O) groups excluding carboxylic acids is 1. The molecule has 3 heteroatoms. The lowest BCUT2D eigenvalue weighted by molar-refractivity contribution is -0.124. The summed E-state index contributed by atoms with van der Waals surface area (Å²) in [7, 11) is 0. The Hall–Kier alpha value is -1.61. The van der Waals surface area contributed by atoms with Crippen molar-refractivity contribution in [3.63, 3.8) is 0 Å². The van der Waals surface area contributed by atoms with Gasteiger partial charge in [0.1, 0.15) is 0 Å². The fraction of sp³-hybridized carbons (Fsp3) is 0.526. The summed E-state index contributed by atoms with van der Waals surface area (Å²) in [6.45, 7) is 11.0. The fourth-order valence-corrected chi connectivity index (χ4v) is 3.15. The van der Waals surface area contributed by atoms with Crippen LogP contribution < -0.4 is 5.32 Å². The number of allylic oxidation sites excluding steroid dienone is 1. The molecule has 120 valence electrons. The summed E-state index contributed by atoms with van der Waals surface area (Å²) in [6.07, 6.45) is 3.32. The number of benzene rings is 1. The molecule has 1 heterocycles. The van der Waals surface area contributed by atoms with E-state index in [1.807, 2.05) is 0 Å². The first kappa shape index (κ1) is 16.8. The van der Waals surface area contributed by atoms with E-state index in [4.69, 9.17) is 0 Å². The Morgan fingerprint density at radius 2 is 2.00 bits per heavy atom. The topological polar surface area (TPSA) is 32.3 Å². The predicted molar refractivity (Wildman–Crippen MR) is 91.9 cm³/mol. The van der Waals surface area contributed by atoms with Gasteiger partial charge in [-0.1, -0.05) is 55.8 Å². The van der Waals surface area contributed by atoms with Crippen molar-refractivity contribution in [3.8, 4) is 0 Å². The average molecular weight is 300 g/mol. The van der Waals surface area contributed by atoms with Crippen molar-refractivity contribution >= 4 is 5.91 Å². The highest BCUT2D eigenvalue weighted by molar-refractivity contribution is 5.78. The summed E-state index contributed by atoms with van der Waals surface area (Å²) in [5, 5.41) is 2.91. The average Bonchev–Trinajstić information content (AvgIpc) is 2.47.